The van der Waals surface area contributed by atoms with E-state index in [9.17, 15) is 15.0 Å². The molecule has 1 atom stereocenters. The fourth-order valence-corrected chi connectivity index (χ4v) is 1.93. The molecule has 2 aromatic rings. The molecule has 3 N–H and O–H groups in total. The van der Waals surface area contributed by atoms with E-state index in [-0.39, 0.29) is 12.3 Å². The lowest BCUT2D eigenvalue weighted by Crippen LogP contribution is -2.34. The van der Waals surface area contributed by atoms with Crippen LogP contribution in [0.15, 0.2) is 30.5 Å². The van der Waals surface area contributed by atoms with Crippen LogP contribution in [0.5, 0.6) is 5.75 Å². The molecule has 1 unspecified atom stereocenters. The van der Waals surface area contributed by atoms with Crippen molar-refractivity contribution in [3.8, 4) is 5.75 Å². The van der Waals surface area contributed by atoms with Crippen LogP contribution in [0.1, 0.15) is 20.3 Å². The number of aromatic hydroxyl groups is 1. The number of benzene rings is 1. The highest BCUT2D eigenvalue weighted by Gasteiger charge is 2.31. The van der Waals surface area contributed by atoms with Gasteiger partial charge >= 0.3 is 5.97 Å². The third-order valence-corrected chi connectivity index (χ3v) is 3.69. The summed E-state index contributed by atoms with van der Waals surface area (Å²) in [5.41, 5.74) is -0.847. The third kappa shape index (κ3) is 2.66. The lowest BCUT2D eigenvalue weighted by molar-refractivity contribution is -0.147. The zero-order chi connectivity index (χ0) is 14.8. The number of hydrogen-bond acceptors (Lipinski definition) is 4. The summed E-state index contributed by atoms with van der Waals surface area (Å²) in [6, 6.07) is 6.87. The van der Waals surface area contributed by atoms with Gasteiger partial charge < -0.3 is 15.5 Å². The first-order valence-corrected chi connectivity index (χ1v) is 6.51. The average molecular weight is 274 g/mol. The SMILES string of the molecule is CCC(C)(CNc1nccc2ccc(O)cc12)C(=O)O. The van der Waals surface area contributed by atoms with Crippen molar-refractivity contribution in [3.63, 3.8) is 0 Å². The van der Waals surface area contributed by atoms with E-state index < -0.39 is 11.4 Å². The first kappa shape index (κ1) is 14.1. The Labute approximate surface area is 117 Å². The molecule has 20 heavy (non-hydrogen) atoms. The first-order chi connectivity index (χ1) is 9.46. The summed E-state index contributed by atoms with van der Waals surface area (Å²) >= 11 is 0. The molecule has 0 saturated carbocycles. The summed E-state index contributed by atoms with van der Waals surface area (Å²) < 4.78 is 0. The maximum Gasteiger partial charge on any atom is 0.311 e. The smallest absolute Gasteiger partial charge is 0.311 e. The van der Waals surface area contributed by atoms with Crippen LogP contribution in [-0.4, -0.2) is 27.7 Å². The molecule has 0 aliphatic carbocycles. The van der Waals surface area contributed by atoms with Crippen molar-refractivity contribution in [1.29, 1.82) is 0 Å². The van der Waals surface area contributed by atoms with E-state index in [1.165, 1.54) is 0 Å². The molecular weight excluding hydrogens is 256 g/mol. The fraction of sp³-hybridized carbons (Fsp3) is 0.333. The molecule has 0 aliphatic heterocycles. The van der Waals surface area contributed by atoms with Crippen molar-refractivity contribution in [2.75, 3.05) is 11.9 Å². The van der Waals surface area contributed by atoms with Gasteiger partial charge in [0, 0.05) is 18.1 Å². The van der Waals surface area contributed by atoms with E-state index in [0.29, 0.717) is 12.2 Å². The summed E-state index contributed by atoms with van der Waals surface area (Å²) in [5, 5.41) is 23.6. The predicted molar refractivity (Wildman–Crippen MR) is 77.9 cm³/mol. The van der Waals surface area contributed by atoms with E-state index in [1.54, 1.807) is 31.3 Å². The highest BCUT2D eigenvalue weighted by Crippen LogP contribution is 2.27. The monoisotopic (exact) mass is 274 g/mol. The number of nitrogens with zero attached hydrogens (tertiary/aromatic N) is 1. The van der Waals surface area contributed by atoms with Crippen molar-refractivity contribution in [1.82, 2.24) is 4.98 Å². The number of carbonyl (C=O) groups is 1. The number of nitrogens with one attached hydrogen (secondary N) is 1. The number of aliphatic carboxylic acids is 1. The van der Waals surface area contributed by atoms with Gasteiger partial charge in [-0.3, -0.25) is 4.79 Å². The van der Waals surface area contributed by atoms with Crippen LogP contribution >= 0.6 is 0 Å². The van der Waals surface area contributed by atoms with Gasteiger partial charge in [-0.25, -0.2) is 4.98 Å². The second-order valence-electron chi connectivity index (χ2n) is 5.14. The quantitative estimate of drug-likeness (QED) is 0.781. The number of carboxylic acid groups (broad SMARTS) is 1. The predicted octanol–water partition coefficient (Wildman–Crippen LogP) is 2.85. The van der Waals surface area contributed by atoms with Gasteiger partial charge in [-0.15, -0.1) is 0 Å². The zero-order valence-corrected chi connectivity index (χ0v) is 11.6. The Balaban J connectivity index is 2.30. The Bertz CT molecular complexity index is 642. The minimum atomic E-state index is -0.847. The molecule has 0 radical (unpaired) electrons. The number of anilines is 1. The van der Waals surface area contributed by atoms with Gasteiger partial charge in [0.2, 0.25) is 0 Å². The minimum Gasteiger partial charge on any atom is -0.508 e. The standard InChI is InChI=1S/C15H18N2O3/c1-3-15(2,14(19)20)9-17-13-12-8-11(18)5-4-10(12)6-7-16-13/h4-8,18H,3,9H2,1-2H3,(H,16,17)(H,19,20). The normalized spacial score (nSPS) is 13.9. The molecule has 2 rings (SSSR count). The molecule has 5 nitrogen and oxygen atoms in total. The van der Waals surface area contributed by atoms with E-state index >= 15 is 0 Å². The van der Waals surface area contributed by atoms with Gasteiger partial charge in [0.15, 0.2) is 0 Å². The number of aromatic nitrogens is 1. The number of carboxylic acids is 1. The molecule has 0 saturated heterocycles. The number of rotatable bonds is 5. The second-order valence-corrected chi connectivity index (χ2v) is 5.14. The second kappa shape index (κ2) is 5.36. The summed E-state index contributed by atoms with van der Waals surface area (Å²) in [5.74, 6) is -0.0973. The van der Waals surface area contributed by atoms with Gasteiger partial charge in [-0.1, -0.05) is 13.0 Å². The summed E-state index contributed by atoms with van der Waals surface area (Å²) in [6.45, 7) is 3.82. The maximum atomic E-state index is 11.3. The van der Waals surface area contributed by atoms with Gasteiger partial charge in [0.25, 0.3) is 0 Å². The molecule has 0 amide bonds. The van der Waals surface area contributed by atoms with Gasteiger partial charge in [-0.2, -0.15) is 0 Å². The highest BCUT2D eigenvalue weighted by atomic mass is 16.4. The fourth-order valence-electron chi connectivity index (χ4n) is 1.93. The first-order valence-electron chi connectivity index (χ1n) is 6.51. The van der Waals surface area contributed by atoms with E-state index in [0.717, 1.165) is 10.8 Å². The van der Waals surface area contributed by atoms with E-state index in [1.807, 2.05) is 13.0 Å². The van der Waals surface area contributed by atoms with Crippen LogP contribution in [0, 0.1) is 5.41 Å². The van der Waals surface area contributed by atoms with Gasteiger partial charge in [-0.05, 0) is 36.9 Å². The summed E-state index contributed by atoms with van der Waals surface area (Å²) in [4.78, 5) is 15.5. The van der Waals surface area contributed by atoms with Crippen LogP contribution in [0.3, 0.4) is 0 Å². The van der Waals surface area contributed by atoms with Crippen molar-refractivity contribution in [3.05, 3.63) is 30.5 Å². The Morgan fingerprint density at radius 2 is 2.15 bits per heavy atom. The minimum absolute atomic E-state index is 0.157. The molecule has 5 heteroatoms. The Kier molecular flexibility index (Phi) is 3.79. The zero-order valence-electron chi connectivity index (χ0n) is 11.6. The van der Waals surface area contributed by atoms with Crippen LogP contribution in [0.25, 0.3) is 10.8 Å². The molecule has 1 aromatic heterocycles. The maximum absolute atomic E-state index is 11.3. The Hall–Kier alpha value is -2.30. The van der Waals surface area contributed by atoms with Crippen LogP contribution < -0.4 is 5.32 Å². The molecular formula is C15H18N2O3. The lowest BCUT2D eigenvalue weighted by Gasteiger charge is -2.23. The topological polar surface area (TPSA) is 82.5 Å². The van der Waals surface area contributed by atoms with Gasteiger partial charge in [0.05, 0.1) is 5.41 Å². The van der Waals surface area contributed by atoms with Crippen molar-refractivity contribution < 1.29 is 15.0 Å². The summed E-state index contributed by atoms with van der Waals surface area (Å²) in [6.07, 6.45) is 2.18. The molecule has 0 fully saturated rings. The largest absolute Gasteiger partial charge is 0.508 e. The van der Waals surface area contributed by atoms with E-state index in [4.69, 9.17) is 0 Å². The molecule has 1 aromatic carbocycles. The molecule has 1 heterocycles. The van der Waals surface area contributed by atoms with Gasteiger partial charge in [0.1, 0.15) is 11.6 Å². The van der Waals surface area contributed by atoms with Crippen molar-refractivity contribution in [2.24, 2.45) is 5.41 Å². The van der Waals surface area contributed by atoms with Crippen LogP contribution in [0.4, 0.5) is 5.82 Å². The van der Waals surface area contributed by atoms with Crippen LogP contribution in [-0.2, 0) is 4.79 Å². The van der Waals surface area contributed by atoms with Crippen molar-refractivity contribution in [2.45, 2.75) is 20.3 Å². The Morgan fingerprint density at radius 1 is 1.40 bits per heavy atom. The number of hydrogen-bond donors (Lipinski definition) is 3. The highest BCUT2D eigenvalue weighted by molar-refractivity contribution is 5.92. The average Bonchev–Trinajstić information content (AvgIpc) is 2.44. The lowest BCUT2D eigenvalue weighted by atomic mass is 9.87. The number of phenolic OH excluding ortho intramolecular Hbond substituents is 1. The molecule has 0 spiro atoms. The molecule has 106 valence electrons. The number of fused-ring (bicyclic) bond motifs is 1. The number of phenols is 1. The molecule has 0 bridgehead atoms. The summed E-state index contributed by atoms with van der Waals surface area (Å²) in [7, 11) is 0. The van der Waals surface area contributed by atoms with E-state index in [2.05, 4.69) is 10.3 Å². The van der Waals surface area contributed by atoms with Crippen LogP contribution in [0.2, 0.25) is 0 Å². The number of pyridine rings is 1. The third-order valence-electron chi connectivity index (χ3n) is 3.69. The Morgan fingerprint density at radius 3 is 2.80 bits per heavy atom. The molecule has 0 aliphatic rings. The van der Waals surface area contributed by atoms with Crippen molar-refractivity contribution >= 4 is 22.6 Å².